The van der Waals surface area contributed by atoms with Crippen LogP contribution in [0.15, 0.2) is 30.3 Å². The van der Waals surface area contributed by atoms with Gasteiger partial charge in [0.2, 0.25) is 5.91 Å². The summed E-state index contributed by atoms with van der Waals surface area (Å²) in [6, 6.07) is 9.36. The molecule has 0 aliphatic carbocycles. The molecular weight excluding hydrogens is 244 g/mol. The standard InChI is InChI=1S/C14H22N2OS/c1-11(18-3)9-10-15-12(2)14(17)16-13-7-5-4-6-8-13/h4-8,11-12,15H,9-10H2,1-3H3,(H,16,17). The lowest BCUT2D eigenvalue weighted by Gasteiger charge is -2.15. The van der Waals surface area contributed by atoms with Crippen molar-refractivity contribution < 1.29 is 4.79 Å². The van der Waals surface area contributed by atoms with E-state index in [1.165, 1.54) is 0 Å². The van der Waals surface area contributed by atoms with Crippen LogP contribution >= 0.6 is 11.8 Å². The molecule has 2 atom stereocenters. The summed E-state index contributed by atoms with van der Waals surface area (Å²) in [5.41, 5.74) is 0.841. The van der Waals surface area contributed by atoms with Crippen molar-refractivity contribution in [1.29, 1.82) is 0 Å². The first kappa shape index (κ1) is 15.1. The fraction of sp³-hybridized carbons (Fsp3) is 0.500. The molecule has 1 aromatic carbocycles. The van der Waals surface area contributed by atoms with E-state index in [0.717, 1.165) is 18.7 Å². The van der Waals surface area contributed by atoms with Crippen LogP contribution in [0.3, 0.4) is 0 Å². The molecule has 2 N–H and O–H groups in total. The fourth-order valence-corrected chi connectivity index (χ4v) is 1.84. The molecule has 100 valence electrons. The Balaban J connectivity index is 2.29. The van der Waals surface area contributed by atoms with Crippen LogP contribution in [0.25, 0.3) is 0 Å². The van der Waals surface area contributed by atoms with Gasteiger partial charge in [0, 0.05) is 10.9 Å². The number of carbonyl (C=O) groups excluding carboxylic acids is 1. The number of para-hydroxylation sites is 1. The normalized spacial score (nSPS) is 13.9. The highest BCUT2D eigenvalue weighted by Gasteiger charge is 2.12. The Morgan fingerprint density at radius 1 is 1.28 bits per heavy atom. The van der Waals surface area contributed by atoms with Gasteiger partial charge in [-0.15, -0.1) is 0 Å². The van der Waals surface area contributed by atoms with Gasteiger partial charge in [0.25, 0.3) is 0 Å². The molecule has 0 aliphatic heterocycles. The molecule has 0 heterocycles. The molecule has 0 aliphatic rings. The number of thioether (sulfide) groups is 1. The van der Waals surface area contributed by atoms with Gasteiger partial charge in [-0.25, -0.2) is 0 Å². The number of anilines is 1. The number of nitrogens with one attached hydrogen (secondary N) is 2. The third-order valence-electron chi connectivity index (χ3n) is 2.84. The minimum absolute atomic E-state index is 0.0120. The van der Waals surface area contributed by atoms with Crippen LogP contribution in [0.4, 0.5) is 5.69 Å². The van der Waals surface area contributed by atoms with Crippen LogP contribution in [0.1, 0.15) is 20.3 Å². The predicted molar refractivity (Wildman–Crippen MR) is 80.1 cm³/mol. The first-order valence-corrected chi connectivity index (χ1v) is 7.54. The molecule has 1 amide bonds. The molecule has 0 bridgehead atoms. The molecule has 18 heavy (non-hydrogen) atoms. The highest BCUT2D eigenvalue weighted by Crippen LogP contribution is 2.08. The Morgan fingerprint density at radius 3 is 2.56 bits per heavy atom. The number of benzene rings is 1. The Hall–Kier alpha value is -1.00. The minimum Gasteiger partial charge on any atom is -0.325 e. The molecule has 1 rings (SSSR count). The van der Waals surface area contributed by atoms with Gasteiger partial charge in [-0.1, -0.05) is 25.1 Å². The van der Waals surface area contributed by atoms with Crippen molar-refractivity contribution in [2.24, 2.45) is 0 Å². The van der Waals surface area contributed by atoms with Crippen LogP contribution in [-0.4, -0.2) is 30.0 Å². The summed E-state index contributed by atoms with van der Waals surface area (Å²) >= 11 is 1.85. The lowest BCUT2D eigenvalue weighted by atomic mass is 10.2. The van der Waals surface area contributed by atoms with E-state index >= 15 is 0 Å². The van der Waals surface area contributed by atoms with Gasteiger partial charge < -0.3 is 10.6 Å². The van der Waals surface area contributed by atoms with Crippen molar-refractivity contribution in [3.8, 4) is 0 Å². The zero-order valence-corrected chi connectivity index (χ0v) is 12.1. The highest BCUT2D eigenvalue weighted by molar-refractivity contribution is 7.99. The van der Waals surface area contributed by atoms with E-state index in [4.69, 9.17) is 0 Å². The van der Waals surface area contributed by atoms with E-state index in [1.807, 2.05) is 49.0 Å². The second-order valence-electron chi connectivity index (χ2n) is 4.37. The average molecular weight is 266 g/mol. The van der Waals surface area contributed by atoms with Crippen molar-refractivity contribution in [3.05, 3.63) is 30.3 Å². The first-order valence-electron chi connectivity index (χ1n) is 6.25. The van der Waals surface area contributed by atoms with E-state index < -0.39 is 0 Å². The van der Waals surface area contributed by atoms with E-state index in [2.05, 4.69) is 23.8 Å². The van der Waals surface area contributed by atoms with Crippen LogP contribution in [0, 0.1) is 0 Å². The summed E-state index contributed by atoms with van der Waals surface area (Å²) in [5.74, 6) is 0.0120. The largest absolute Gasteiger partial charge is 0.325 e. The Labute approximate surface area is 114 Å². The Bertz CT molecular complexity index is 356. The maximum absolute atomic E-state index is 11.9. The molecular formula is C14H22N2OS. The van der Waals surface area contributed by atoms with Gasteiger partial charge in [0.05, 0.1) is 6.04 Å². The quantitative estimate of drug-likeness (QED) is 0.797. The van der Waals surface area contributed by atoms with Crippen molar-refractivity contribution in [2.75, 3.05) is 18.1 Å². The molecule has 1 aromatic rings. The molecule has 0 saturated carbocycles. The van der Waals surface area contributed by atoms with Crippen LogP contribution < -0.4 is 10.6 Å². The van der Waals surface area contributed by atoms with E-state index in [-0.39, 0.29) is 11.9 Å². The maximum atomic E-state index is 11.9. The molecule has 0 aromatic heterocycles. The van der Waals surface area contributed by atoms with E-state index in [0.29, 0.717) is 5.25 Å². The molecule has 0 radical (unpaired) electrons. The second-order valence-corrected chi connectivity index (χ2v) is 5.64. The fourth-order valence-electron chi connectivity index (χ4n) is 1.49. The van der Waals surface area contributed by atoms with Gasteiger partial charge in [-0.05, 0) is 38.3 Å². The summed E-state index contributed by atoms with van der Waals surface area (Å²) in [6.45, 7) is 4.95. The summed E-state index contributed by atoms with van der Waals surface area (Å²) in [6.07, 6.45) is 3.18. The summed E-state index contributed by atoms with van der Waals surface area (Å²) in [4.78, 5) is 11.9. The number of hydrogen-bond donors (Lipinski definition) is 2. The second kappa shape index (κ2) is 8.16. The van der Waals surface area contributed by atoms with Crippen molar-refractivity contribution in [3.63, 3.8) is 0 Å². The summed E-state index contributed by atoms with van der Waals surface area (Å²) < 4.78 is 0. The SMILES string of the molecule is CSC(C)CCNC(C)C(=O)Nc1ccccc1. The van der Waals surface area contributed by atoms with Crippen molar-refractivity contribution >= 4 is 23.4 Å². The zero-order valence-electron chi connectivity index (χ0n) is 11.3. The number of carbonyl (C=O) groups is 1. The third-order valence-corrected chi connectivity index (χ3v) is 3.88. The molecule has 0 fully saturated rings. The number of amides is 1. The predicted octanol–water partition coefficient (Wildman–Crippen LogP) is 2.74. The molecule has 3 nitrogen and oxygen atoms in total. The average Bonchev–Trinajstić information content (AvgIpc) is 2.39. The Kier molecular flexibility index (Phi) is 6.83. The lowest BCUT2D eigenvalue weighted by Crippen LogP contribution is -2.39. The summed E-state index contributed by atoms with van der Waals surface area (Å²) in [5, 5.41) is 6.76. The highest BCUT2D eigenvalue weighted by atomic mass is 32.2. The maximum Gasteiger partial charge on any atom is 0.241 e. The van der Waals surface area contributed by atoms with Gasteiger partial charge in [-0.2, -0.15) is 11.8 Å². The van der Waals surface area contributed by atoms with Crippen LogP contribution in [0.2, 0.25) is 0 Å². The number of hydrogen-bond acceptors (Lipinski definition) is 3. The number of rotatable bonds is 7. The minimum atomic E-state index is -0.167. The molecule has 2 unspecified atom stereocenters. The van der Waals surface area contributed by atoms with Gasteiger partial charge in [-0.3, -0.25) is 4.79 Å². The smallest absolute Gasteiger partial charge is 0.241 e. The van der Waals surface area contributed by atoms with Crippen LogP contribution in [0.5, 0.6) is 0 Å². The zero-order chi connectivity index (χ0) is 13.4. The van der Waals surface area contributed by atoms with Gasteiger partial charge in [0.15, 0.2) is 0 Å². The topological polar surface area (TPSA) is 41.1 Å². The third kappa shape index (κ3) is 5.56. The Morgan fingerprint density at radius 2 is 1.94 bits per heavy atom. The lowest BCUT2D eigenvalue weighted by molar-refractivity contribution is -0.117. The van der Waals surface area contributed by atoms with Crippen molar-refractivity contribution in [2.45, 2.75) is 31.6 Å². The monoisotopic (exact) mass is 266 g/mol. The molecule has 0 saturated heterocycles. The molecule has 4 heteroatoms. The first-order chi connectivity index (χ1) is 8.63. The molecule has 0 spiro atoms. The van der Waals surface area contributed by atoms with Crippen molar-refractivity contribution in [1.82, 2.24) is 5.32 Å². The summed E-state index contributed by atoms with van der Waals surface area (Å²) in [7, 11) is 0. The van der Waals surface area contributed by atoms with E-state index in [1.54, 1.807) is 0 Å². The van der Waals surface area contributed by atoms with E-state index in [9.17, 15) is 4.79 Å². The van der Waals surface area contributed by atoms with Gasteiger partial charge >= 0.3 is 0 Å². The van der Waals surface area contributed by atoms with Crippen LogP contribution in [-0.2, 0) is 4.79 Å². The van der Waals surface area contributed by atoms with Gasteiger partial charge in [0.1, 0.15) is 0 Å².